The quantitative estimate of drug-likeness (QED) is 0.806. The molecule has 0 unspecified atom stereocenters. The number of aromatic carboxylic acids is 1. The number of benzene rings is 1. The first-order valence-corrected chi connectivity index (χ1v) is 7.51. The summed E-state index contributed by atoms with van der Waals surface area (Å²) in [5.74, 6) is 1.08. The van der Waals surface area contributed by atoms with Crippen molar-refractivity contribution in [2.45, 2.75) is 24.3 Å². The van der Waals surface area contributed by atoms with Crippen LogP contribution in [0.2, 0.25) is 0 Å². The van der Waals surface area contributed by atoms with Gasteiger partial charge in [0.1, 0.15) is 5.60 Å². The largest absolute Gasteiger partial charge is 0.478 e. The number of sulfone groups is 1. The van der Waals surface area contributed by atoms with E-state index in [1.54, 1.807) is 13.8 Å². The molecule has 1 aromatic carbocycles. The van der Waals surface area contributed by atoms with Crippen LogP contribution in [0.1, 0.15) is 24.2 Å². The number of hydrogen-bond acceptors (Lipinski definition) is 4. The average Bonchev–Trinajstić information content (AvgIpc) is 2.38. The Morgan fingerprint density at radius 1 is 1.35 bits per heavy atom. The minimum Gasteiger partial charge on any atom is -0.478 e. The highest BCUT2D eigenvalue weighted by Crippen LogP contribution is 2.14. The third-order valence-electron chi connectivity index (χ3n) is 2.62. The zero-order valence-corrected chi connectivity index (χ0v) is 12.1. The van der Waals surface area contributed by atoms with E-state index in [2.05, 4.69) is 5.92 Å². The smallest absolute Gasteiger partial charge is 0.335 e. The number of ether oxygens (including phenoxy) is 1. The molecule has 0 spiro atoms. The molecule has 0 heterocycles. The summed E-state index contributed by atoms with van der Waals surface area (Å²) in [6, 6.07) is 5.04. The Morgan fingerprint density at radius 3 is 2.35 bits per heavy atom. The molecular weight excluding hydrogens is 280 g/mol. The summed E-state index contributed by atoms with van der Waals surface area (Å²) >= 11 is 0. The molecule has 0 saturated carbocycles. The van der Waals surface area contributed by atoms with E-state index in [9.17, 15) is 13.2 Å². The molecule has 108 valence electrons. The fourth-order valence-corrected chi connectivity index (χ4v) is 2.46. The molecule has 1 N–H and O–H groups in total. The predicted molar refractivity (Wildman–Crippen MR) is 74.3 cm³/mol. The van der Waals surface area contributed by atoms with Crippen molar-refractivity contribution in [3.63, 3.8) is 0 Å². The molecule has 0 amide bonds. The fourth-order valence-electron chi connectivity index (χ4n) is 1.37. The van der Waals surface area contributed by atoms with Gasteiger partial charge in [-0.3, -0.25) is 0 Å². The number of rotatable bonds is 6. The Kier molecular flexibility index (Phi) is 4.93. The van der Waals surface area contributed by atoms with Crippen LogP contribution in [0, 0.1) is 12.3 Å². The molecule has 20 heavy (non-hydrogen) atoms. The van der Waals surface area contributed by atoms with Gasteiger partial charge in [-0.05, 0) is 38.1 Å². The Hall–Kier alpha value is -1.84. The maximum atomic E-state index is 12.0. The second-order valence-electron chi connectivity index (χ2n) is 4.65. The minimum absolute atomic E-state index is 0.0276. The van der Waals surface area contributed by atoms with Crippen molar-refractivity contribution in [1.82, 2.24) is 0 Å². The van der Waals surface area contributed by atoms with Gasteiger partial charge in [0, 0.05) is 0 Å². The zero-order chi connectivity index (χ0) is 15.4. The van der Waals surface area contributed by atoms with Crippen LogP contribution in [-0.2, 0) is 14.6 Å². The zero-order valence-electron chi connectivity index (χ0n) is 11.3. The van der Waals surface area contributed by atoms with Gasteiger partial charge in [0.05, 0.1) is 22.8 Å². The van der Waals surface area contributed by atoms with E-state index in [0.717, 1.165) is 0 Å². The normalized spacial score (nSPS) is 11.8. The van der Waals surface area contributed by atoms with Crippen LogP contribution in [-0.4, -0.2) is 37.5 Å². The highest BCUT2D eigenvalue weighted by Gasteiger charge is 2.19. The molecule has 0 aliphatic carbocycles. The number of hydrogen-bond donors (Lipinski definition) is 1. The molecule has 0 fully saturated rings. The van der Waals surface area contributed by atoms with Crippen LogP contribution in [0.4, 0.5) is 0 Å². The van der Waals surface area contributed by atoms with E-state index in [1.165, 1.54) is 24.3 Å². The van der Waals surface area contributed by atoms with Gasteiger partial charge in [-0.25, -0.2) is 13.2 Å². The molecule has 1 rings (SSSR count). The van der Waals surface area contributed by atoms with Crippen molar-refractivity contribution in [3.8, 4) is 12.3 Å². The second kappa shape index (κ2) is 6.07. The van der Waals surface area contributed by atoms with Crippen molar-refractivity contribution >= 4 is 15.8 Å². The van der Waals surface area contributed by atoms with Gasteiger partial charge < -0.3 is 9.84 Å². The van der Waals surface area contributed by atoms with Gasteiger partial charge in [-0.1, -0.05) is 5.92 Å². The molecule has 0 radical (unpaired) electrons. The van der Waals surface area contributed by atoms with Crippen molar-refractivity contribution in [2.75, 3.05) is 12.4 Å². The lowest BCUT2D eigenvalue weighted by Gasteiger charge is -2.18. The summed E-state index contributed by atoms with van der Waals surface area (Å²) in [5, 5.41) is 8.75. The number of carbonyl (C=O) groups is 1. The Labute approximate surface area is 118 Å². The summed E-state index contributed by atoms with van der Waals surface area (Å²) in [5.41, 5.74) is -0.781. The Balaban J connectivity index is 2.75. The SMILES string of the molecule is C#CC(C)(C)OCCS(=O)(=O)c1ccc(C(=O)O)cc1. The van der Waals surface area contributed by atoms with E-state index in [-0.39, 0.29) is 22.8 Å². The minimum atomic E-state index is -3.52. The molecule has 0 aliphatic heterocycles. The molecule has 0 aliphatic rings. The van der Waals surface area contributed by atoms with Crippen molar-refractivity contribution in [1.29, 1.82) is 0 Å². The summed E-state index contributed by atoms with van der Waals surface area (Å²) < 4.78 is 29.3. The maximum absolute atomic E-state index is 12.0. The third kappa shape index (κ3) is 4.37. The van der Waals surface area contributed by atoms with Crippen LogP contribution < -0.4 is 0 Å². The molecule has 0 bridgehead atoms. The van der Waals surface area contributed by atoms with E-state index < -0.39 is 21.4 Å². The third-order valence-corrected chi connectivity index (χ3v) is 4.32. The summed E-state index contributed by atoms with van der Waals surface area (Å²) in [7, 11) is -3.52. The number of carboxylic acid groups (broad SMARTS) is 1. The molecule has 5 nitrogen and oxygen atoms in total. The lowest BCUT2D eigenvalue weighted by molar-refractivity contribution is 0.0375. The van der Waals surface area contributed by atoms with Gasteiger partial charge >= 0.3 is 5.97 Å². The lowest BCUT2D eigenvalue weighted by atomic mass is 10.1. The van der Waals surface area contributed by atoms with Gasteiger partial charge in [0.25, 0.3) is 0 Å². The van der Waals surface area contributed by atoms with E-state index in [4.69, 9.17) is 16.3 Å². The van der Waals surface area contributed by atoms with Crippen molar-refractivity contribution in [3.05, 3.63) is 29.8 Å². The predicted octanol–water partition coefficient (Wildman–Crippen LogP) is 1.59. The average molecular weight is 296 g/mol. The van der Waals surface area contributed by atoms with E-state index >= 15 is 0 Å². The Morgan fingerprint density at radius 2 is 1.90 bits per heavy atom. The summed E-state index contributed by atoms with van der Waals surface area (Å²) in [6.45, 7) is 3.31. The molecule has 1 aromatic rings. The molecule has 6 heteroatoms. The van der Waals surface area contributed by atoms with Crippen LogP contribution in [0.15, 0.2) is 29.2 Å². The lowest BCUT2D eigenvalue weighted by Crippen LogP contribution is -2.25. The summed E-state index contributed by atoms with van der Waals surface area (Å²) in [4.78, 5) is 10.7. The van der Waals surface area contributed by atoms with Crippen LogP contribution in [0.3, 0.4) is 0 Å². The van der Waals surface area contributed by atoms with E-state index in [0.29, 0.717) is 0 Å². The molecule has 0 atom stereocenters. The first-order chi connectivity index (χ1) is 9.18. The van der Waals surface area contributed by atoms with Crippen LogP contribution in [0.25, 0.3) is 0 Å². The number of terminal acetylenes is 1. The van der Waals surface area contributed by atoms with E-state index in [1.807, 2.05) is 0 Å². The van der Waals surface area contributed by atoms with Gasteiger partial charge in [0.15, 0.2) is 9.84 Å². The first-order valence-electron chi connectivity index (χ1n) is 5.86. The van der Waals surface area contributed by atoms with Crippen LogP contribution in [0.5, 0.6) is 0 Å². The molecule has 0 saturated heterocycles. The standard InChI is InChI=1S/C14H16O5S/c1-4-14(2,3)19-9-10-20(17,18)12-7-5-11(6-8-12)13(15)16/h1,5-8H,9-10H2,2-3H3,(H,15,16). The maximum Gasteiger partial charge on any atom is 0.335 e. The van der Waals surface area contributed by atoms with Gasteiger partial charge in [0.2, 0.25) is 0 Å². The fraction of sp³-hybridized carbons (Fsp3) is 0.357. The summed E-state index contributed by atoms with van der Waals surface area (Å²) in [6.07, 6.45) is 5.23. The highest BCUT2D eigenvalue weighted by molar-refractivity contribution is 7.91. The monoisotopic (exact) mass is 296 g/mol. The second-order valence-corrected chi connectivity index (χ2v) is 6.76. The van der Waals surface area contributed by atoms with Gasteiger partial charge in [-0.2, -0.15) is 0 Å². The van der Waals surface area contributed by atoms with Gasteiger partial charge in [-0.15, -0.1) is 6.42 Å². The highest BCUT2D eigenvalue weighted by atomic mass is 32.2. The number of carboxylic acids is 1. The first kappa shape index (κ1) is 16.2. The molecular formula is C14H16O5S. The Bertz CT molecular complexity index is 621. The van der Waals surface area contributed by atoms with Crippen molar-refractivity contribution in [2.24, 2.45) is 0 Å². The van der Waals surface area contributed by atoms with Crippen molar-refractivity contribution < 1.29 is 23.1 Å². The topological polar surface area (TPSA) is 80.7 Å². The van der Waals surface area contributed by atoms with Crippen LogP contribution >= 0.6 is 0 Å². The molecule has 0 aromatic heterocycles.